The van der Waals surface area contributed by atoms with E-state index >= 15 is 0 Å². The predicted octanol–water partition coefficient (Wildman–Crippen LogP) is 4.04. The van der Waals surface area contributed by atoms with Gasteiger partial charge in [-0.3, -0.25) is 4.90 Å². The highest BCUT2D eigenvalue weighted by molar-refractivity contribution is 7.80. The summed E-state index contributed by atoms with van der Waals surface area (Å²) in [6.07, 6.45) is 0. The number of para-hydroxylation sites is 1. The molecule has 3 rings (SSSR count). The lowest BCUT2D eigenvalue weighted by molar-refractivity contribution is -0.140. The number of methoxy groups -OCH3 is 2. The molecule has 0 spiro atoms. The van der Waals surface area contributed by atoms with Crippen molar-refractivity contribution in [1.29, 1.82) is 0 Å². The summed E-state index contributed by atoms with van der Waals surface area (Å²) in [6.45, 7) is 3.83. The van der Waals surface area contributed by atoms with Gasteiger partial charge in [0, 0.05) is 18.4 Å². The van der Waals surface area contributed by atoms with Crippen molar-refractivity contribution in [2.45, 2.75) is 19.9 Å². The van der Waals surface area contributed by atoms with Gasteiger partial charge in [0.1, 0.15) is 18.2 Å². The number of carbonyl (C=O) groups is 1. The SMILES string of the molecule is COCCOC(=O)C1=C(C)N(c2ccc(C)c(F)c2)C(=S)NC1c1ccccc1OC. The van der Waals surface area contributed by atoms with Crippen molar-refractivity contribution >= 4 is 29.0 Å². The molecule has 0 aromatic heterocycles. The third-order valence-electron chi connectivity index (χ3n) is 5.09. The number of esters is 1. The Hall–Kier alpha value is -2.97. The molecule has 1 aliphatic rings. The van der Waals surface area contributed by atoms with E-state index in [2.05, 4.69) is 5.32 Å². The van der Waals surface area contributed by atoms with Crippen LogP contribution in [0.5, 0.6) is 5.75 Å². The molecule has 1 aliphatic heterocycles. The number of aryl methyl sites for hydroxylation is 1. The fraction of sp³-hybridized carbons (Fsp3) is 0.304. The van der Waals surface area contributed by atoms with Crippen molar-refractivity contribution in [2.24, 2.45) is 0 Å². The molecule has 164 valence electrons. The van der Waals surface area contributed by atoms with Gasteiger partial charge >= 0.3 is 5.97 Å². The maximum atomic E-state index is 14.3. The smallest absolute Gasteiger partial charge is 0.338 e. The fourth-order valence-corrected chi connectivity index (χ4v) is 3.83. The van der Waals surface area contributed by atoms with Gasteiger partial charge in [-0.25, -0.2) is 9.18 Å². The van der Waals surface area contributed by atoms with Crippen LogP contribution in [0.15, 0.2) is 53.7 Å². The Morgan fingerprint density at radius 3 is 2.58 bits per heavy atom. The lowest BCUT2D eigenvalue weighted by atomic mass is 9.94. The van der Waals surface area contributed by atoms with E-state index in [1.54, 1.807) is 38.0 Å². The zero-order chi connectivity index (χ0) is 22.5. The minimum atomic E-state index is -0.592. The standard InChI is InChI=1S/C23H25FN2O4S/c1-14-9-10-16(13-18(14)24)26-15(2)20(22(27)30-12-11-28-3)21(25-23(26)31)17-7-5-6-8-19(17)29-4/h5-10,13,21H,11-12H2,1-4H3,(H,25,31). The largest absolute Gasteiger partial charge is 0.496 e. The number of benzene rings is 2. The lowest BCUT2D eigenvalue weighted by Crippen LogP contribution is -2.48. The first-order chi connectivity index (χ1) is 14.9. The molecule has 0 aliphatic carbocycles. The molecular weight excluding hydrogens is 419 g/mol. The van der Waals surface area contributed by atoms with Crippen LogP contribution in [0.2, 0.25) is 0 Å². The fourth-order valence-electron chi connectivity index (χ4n) is 3.47. The van der Waals surface area contributed by atoms with Gasteiger partial charge in [-0.15, -0.1) is 0 Å². The molecule has 8 heteroatoms. The number of halogens is 1. The quantitative estimate of drug-likeness (QED) is 0.393. The second-order valence-corrected chi connectivity index (χ2v) is 7.41. The summed E-state index contributed by atoms with van der Waals surface area (Å²) in [7, 11) is 3.10. The zero-order valence-electron chi connectivity index (χ0n) is 17.9. The molecule has 0 bridgehead atoms. The third-order valence-corrected chi connectivity index (χ3v) is 5.39. The highest BCUT2D eigenvalue weighted by Gasteiger charge is 2.36. The van der Waals surface area contributed by atoms with E-state index in [9.17, 15) is 9.18 Å². The van der Waals surface area contributed by atoms with Gasteiger partial charge < -0.3 is 19.5 Å². The van der Waals surface area contributed by atoms with Crippen molar-refractivity contribution in [2.75, 3.05) is 32.3 Å². The van der Waals surface area contributed by atoms with Crippen LogP contribution >= 0.6 is 12.2 Å². The van der Waals surface area contributed by atoms with Crippen LogP contribution in [0, 0.1) is 12.7 Å². The first-order valence-corrected chi connectivity index (χ1v) is 10.2. The molecule has 1 heterocycles. The van der Waals surface area contributed by atoms with Gasteiger partial charge in [0.05, 0.1) is 31.0 Å². The molecule has 1 unspecified atom stereocenters. The van der Waals surface area contributed by atoms with Gasteiger partial charge in [-0.1, -0.05) is 24.3 Å². The van der Waals surface area contributed by atoms with E-state index in [0.29, 0.717) is 33.4 Å². The summed E-state index contributed by atoms with van der Waals surface area (Å²) < 4.78 is 30.2. The molecular formula is C23H25FN2O4S. The number of allylic oxidation sites excluding steroid dienone is 1. The normalized spacial score (nSPS) is 16.2. The predicted molar refractivity (Wildman–Crippen MR) is 121 cm³/mol. The van der Waals surface area contributed by atoms with Crippen LogP contribution in [0.3, 0.4) is 0 Å². The van der Waals surface area contributed by atoms with E-state index in [0.717, 1.165) is 5.56 Å². The van der Waals surface area contributed by atoms with Crippen LogP contribution in [-0.4, -0.2) is 38.5 Å². The van der Waals surface area contributed by atoms with Crippen LogP contribution in [-0.2, 0) is 14.3 Å². The van der Waals surface area contributed by atoms with Crippen molar-refractivity contribution in [3.63, 3.8) is 0 Å². The number of ether oxygens (including phenoxy) is 3. The van der Waals surface area contributed by atoms with Crippen LogP contribution in [0.4, 0.5) is 10.1 Å². The van der Waals surface area contributed by atoms with Gasteiger partial charge in [-0.2, -0.15) is 0 Å². The minimum absolute atomic E-state index is 0.106. The summed E-state index contributed by atoms with van der Waals surface area (Å²) in [5, 5.41) is 3.54. The van der Waals surface area contributed by atoms with Gasteiger partial charge in [0.25, 0.3) is 0 Å². The van der Waals surface area contributed by atoms with Crippen LogP contribution < -0.4 is 15.0 Å². The topological polar surface area (TPSA) is 60.0 Å². The molecule has 1 atom stereocenters. The summed E-state index contributed by atoms with van der Waals surface area (Å²) >= 11 is 5.61. The Morgan fingerprint density at radius 2 is 1.90 bits per heavy atom. The van der Waals surface area contributed by atoms with Gasteiger partial charge in [0.15, 0.2) is 5.11 Å². The van der Waals surface area contributed by atoms with Crippen LogP contribution in [0.25, 0.3) is 0 Å². The number of thiocarbonyl (C=S) groups is 1. The van der Waals surface area contributed by atoms with Gasteiger partial charge in [0.2, 0.25) is 0 Å². The monoisotopic (exact) mass is 444 g/mol. The average Bonchev–Trinajstić information content (AvgIpc) is 2.75. The van der Waals surface area contributed by atoms with E-state index < -0.39 is 12.0 Å². The Morgan fingerprint density at radius 1 is 1.16 bits per heavy atom. The number of nitrogens with zero attached hydrogens (tertiary/aromatic N) is 1. The Labute approximate surface area is 186 Å². The number of anilines is 1. The molecule has 0 saturated carbocycles. The highest BCUT2D eigenvalue weighted by Crippen LogP contribution is 2.37. The zero-order valence-corrected chi connectivity index (χ0v) is 18.7. The number of nitrogens with one attached hydrogen (secondary N) is 1. The molecule has 6 nitrogen and oxygen atoms in total. The Kier molecular flexibility index (Phi) is 7.25. The molecule has 0 amide bonds. The summed E-state index contributed by atoms with van der Waals surface area (Å²) in [5.41, 5.74) is 2.67. The van der Waals surface area contributed by atoms with Crippen molar-refractivity contribution in [3.8, 4) is 5.75 Å². The third kappa shape index (κ3) is 4.70. The first kappa shape index (κ1) is 22.7. The number of carbonyl (C=O) groups excluding carboxylic acids is 1. The molecule has 2 aromatic carbocycles. The van der Waals surface area contributed by atoms with E-state index in [1.807, 2.05) is 24.3 Å². The second-order valence-electron chi connectivity index (χ2n) is 7.02. The second kappa shape index (κ2) is 9.89. The number of rotatable bonds is 7. The summed E-state index contributed by atoms with van der Waals surface area (Å²) in [6, 6.07) is 11.6. The number of hydrogen-bond donors (Lipinski definition) is 1. The summed E-state index contributed by atoms with van der Waals surface area (Å²) in [4.78, 5) is 14.7. The molecule has 31 heavy (non-hydrogen) atoms. The molecule has 0 fully saturated rings. The Balaban J connectivity index is 2.12. The summed E-state index contributed by atoms with van der Waals surface area (Å²) in [5.74, 6) is -0.269. The maximum Gasteiger partial charge on any atom is 0.338 e. The first-order valence-electron chi connectivity index (χ1n) is 9.75. The molecule has 0 radical (unpaired) electrons. The van der Waals surface area contributed by atoms with E-state index in [1.165, 1.54) is 13.2 Å². The van der Waals surface area contributed by atoms with Crippen molar-refractivity contribution < 1.29 is 23.4 Å². The van der Waals surface area contributed by atoms with Crippen molar-refractivity contribution in [1.82, 2.24) is 5.32 Å². The van der Waals surface area contributed by atoms with E-state index in [-0.39, 0.29) is 19.0 Å². The van der Waals surface area contributed by atoms with Crippen LogP contribution in [0.1, 0.15) is 24.1 Å². The number of hydrogen-bond acceptors (Lipinski definition) is 5. The average molecular weight is 445 g/mol. The molecule has 2 aromatic rings. The molecule has 1 N–H and O–H groups in total. The maximum absolute atomic E-state index is 14.3. The minimum Gasteiger partial charge on any atom is -0.496 e. The lowest BCUT2D eigenvalue weighted by Gasteiger charge is -2.38. The molecule has 0 saturated heterocycles. The Bertz CT molecular complexity index is 1020. The van der Waals surface area contributed by atoms with E-state index in [4.69, 9.17) is 26.4 Å². The van der Waals surface area contributed by atoms with Crippen molar-refractivity contribution in [3.05, 3.63) is 70.7 Å². The van der Waals surface area contributed by atoms with Gasteiger partial charge in [-0.05, 0) is 49.8 Å². The highest BCUT2D eigenvalue weighted by atomic mass is 32.1.